The molecule has 6 heteroatoms. The highest BCUT2D eigenvalue weighted by Gasteiger charge is 2.43. The smallest absolute Gasteiger partial charge is 0.250 e. The van der Waals surface area contributed by atoms with Crippen molar-refractivity contribution in [1.82, 2.24) is 0 Å². The maximum absolute atomic E-state index is 12.1. The molecule has 116 valence electrons. The second kappa shape index (κ2) is 5.40. The fraction of sp³-hybridized carbons (Fsp3) is 0.118. The van der Waals surface area contributed by atoms with Crippen LogP contribution in [0.3, 0.4) is 0 Å². The highest BCUT2D eigenvalue weighted by atomic mass is 79.9. The minimum Gasteiger partial charge on any atom is -0.472 e. The lowest BCUT2D eigenvalue weighted by Gasteiger charge is -2.32. The lowest BCUT2D eigenvalue weighted by Crippen LogP contribution is -2.32. The van der Waals surface area contributed by atoms with E-state index in [0.29, 0.717) is 5.69 Å². The topological polar surface area (TPSA) is 64.6 Å². The molecular weight excluding hydrogens is 362 g/mol. The number of carbonyl (C=O) groups excluding carboxylic acids is 1. The summed E-state index contributed by atoms with van der Waals surface area (Å²) in [5.41, 5.74) is 2.08. The van der Waals surface area contributed by atoms with Crippen LogP contribution in [-0.2, 0) is 15.1 Å². The van der Waals surface area contributed by atoms with Gasteiger partial charge < -0.3 is 18.9 Å². The van der Waals surface area contributed by atoms with E-state index in [2.05, 4.69) is 21.2 Å². The number of benzene rings is 1. The van der Waals surface area contributed by atoms with Crippen molar-refractivity contribution < 1.29 is 18.4 Å². The summed E-state index contributed by atoms with van der Waals surface area (Å²) < 4.78 is 17.6. The van der Waals surface area contributed by atoms with E-state index in [4.69, 9.17) is 13.6 Å². The summed E-state index contributed by atoms with van der Waals surface area (Å²) in [6.07, 6.45) is 6.40. The Labute approximate surface area is 140 Å². The molecule has 1 N–H and O–H groups in total. The Morgan fingerprint density at radius 2 is 1.74 bits per heavy atom. The highest BCUT2D eigenvalue weighted by molar-refractivity contribution is 9.10. The van der Waals surface area contributed by atoms with Crippen LogP contribution in [0.25, 0.3) is 0 Å². The average molecular weight is 374 g/mol. The number of furan rings is 2. The second-order valence-electron chi connectivity index (χ2n) is 5.23. The quantitative estimate of drug-likeness (QED) is 0.739. The highest BCUT2D eigenvalue weighted by Crippen LogP contribution is 2.45. The fourth-order valence-electron chi connectivity index (χ4n) is 2.93. The number of halogens is 1. The van der Waals surface area contributed by atoms with E-state index in [9.17, 15) is 4.79 Å². The molecule has 5 nitrogen and oxygen atoms in total. The Kier molecular flexibility index (Phi) is 3.36. The first-order valence-electron chi connectivity index (χ1n) is 6.99. The average Bonchev–Trinajstić information content (AvgIpc) is 3.22. The molecule has 0 spiro atoms. The summed E-state index contributed by atoms with van der Waals surface area (Å²) in [5, 5.41) is 2.88. The first kappa shape index (κ1) is 14.3. The van der Waals surface area contributed by atoms with Crippen molar-refractivity contribution in [3.05, 3.63) is 76.5 Å². The van der Waals surface area contributed by atoms with Gasteiger partial charge in [-0.2, -0.15) is 0 Å². The Bertz CT molecular complexity index is 805. The van der Waals surface area contributed by atoms with Crippen LogP contribution in [0.1, 0.15) is 16.7 Å². The molecule has 0 aliphatic carbocycles. The summed E-state index contributed by atoms with van der Waals surface area (Å²) in [6, 6.07) is 9.31. The van der Waals surface area contributed by atoms with Crippen molar-refractivity contribution in [3.63, 3.8) is 0 Å². The van der Waals surface area contributed by atoms with Gasteiger partial charge in [-0.15, -0.1) is 0 Å². The van der Waals surface area contributed by atoms with Gasteiger partial charge in [-0.25, -0.2) is 0 Å². The van der Waals surface area contributed by atoms with Crippen molar-refractivity contribution in [2.75, 3.05) is 11.9 Å². The van der Waals surface area contributed by atoms with Crippen molar-refractivity contribution in [3.8, 4) is 0 Å². The van der Waals surface area contributed by atoms with E-state index >= 15 is 0 Å². The minimum absolute atomic E-state index is 0.0807. The minimum atomic E-state index is -0.988. The first-order valence-corrected chi connectivity index (χ1v) is 7.78. The Hall–Kier alpha value is -2.31. The van der Waals surface area contributed by atoms with Crippen LogP contribution >= 0.6 is 15.9 Å². The van der Waals surface area contributed by atoms with Crippen LogP contribution in [0.15, 0.2) is 68.7 Å². The van der Waals surface area contributed by atoms with Gasteiger partial charge >= 0.3 is 0 Å². The van der Waals surface area contributed by atoms with Crippen LogP contribution in [0.2, 0.25) is 0 Å². The number of hydrogen-bond acceptors (Lipinski definition) is 4. The van der Waals surface area contributed by atoms with Crippen molar-refractivity contribution in [2.24, 2.45) is 0 Å². The molecule has 1 aromatic carbocycles. The van der Waals surface area contributed by atoms with E-state index in [1.54, 1.807) is 25.1 Å². The van der Waals surface area contributed by atoms with Gasteiger partial charge in [0, 0.05) is 26.9 Å². The standard InChI is InChI=1S/C17H12BrNO4/c18-13-1-2-15-14(7-13)17(11-3-5-21-8-11,12-4-6-22-9-12)23-10-16(20)19-15/h1-9H,10H2,(H,19,20). The molecule has 0 saturated carbocycles. The third-order valence-corrected chi connectivity index (χ3v) is 4.40. The van der Waals surface area contributed by atoms with E-state index in [-0.39, 0.29) is 12.5 Å². The third kappa shape index (κ3) is 2.22. The lowest BCUT2D eigenvalue weighted by molar-refractivity contribution is -0.123. The zero-order chi connectivity index (χ0) is 15.9. The zero-order valence-electron chi connectivity index (χ0n) is 11.9. The summed E-state index contributed by atoms with van der Waals surface area (Å²) >= 11 is 3.49. The van der Waals surface area contributed by atoms with Crippen LogP contribution in [-0.4, -0.2) is 12.5 Å². The van der Waals surface area contributed by atoms with Crippen LogP contribution in [0, 0.1) is 0 Å². The van der Waals surface area contributed by atoms with Gasteiger partial charge in [0.05, 0.1) is 25.1 Å². The summed E-state index contributed by atoms with van der Waals surface area (Å²) in [4.78, 5) is 12.1. The molecule has 1 aliphatic heterocycles. The number of carbonyl (C=O) groups is 1. The summed E-state index contributed by atoms with van der Waals surface area (Å²) in [6.45, 7) is -0.0807. The number of anilines is 1. The number of ether oxygens (including phenoxy) is 1. The summed E-state index contributed by atoms with van der Waals surface area (Å²) in [5.74, 6) is -0.206. The van der Waals surface area contributed by atoms with Crippen molar-refractivity contribution >= 4 is 27.5 Å². The Balaban J connectivity index is 2.06. The molecular formula is C17H12BrNO4. The van der Waals surface area contributed by atoms with Gasteiger partial charge in [-0.3, -0.25) is 4.79 Å². The largest absolute Gasteiger partial charge is 0.472 e. The molecule has 2 aromatic heterocycles. The Morgan fingerprint density at radius 3 is 2.35 bits per heavy atom. The number of hydrogen-bond donors (Lipinski definition) is 1. The SMILES string of the molecule is O=C1COC(c2ccoc2)(c2ccoc2)c2cc(Br)ccc2N1. The number of nitrogens with one attached hydrogen (secondary N) is 1. The molecule has 3 heterocycles. The molecule has 4 rings (SSSR count). The predicted molar refractivity (Wildman–Crippen MR) is 86.0 cm³/mol. The number of rotatable bonds is 2. The first-order chi connectivity index (χ1) is 11.2. The van der Waals surface area contributed by atoms with Gasteiger partial charge in [0.15, 0.2) is 5.60 Å². The van der Waals surface area contributed by atoms with Crippen LogP contribution < -0.4 is 5.32 Å². The van der Waals surface area contributed by atoms with Gasteiger partial charge in [0.25, 0.3) is 0 Å². The van der Waals surface area contributed by atoms with Gasteiger partial charge in [0.2, 0.25) is 5.91 Å². The second-order valence-corrected chi connectivity index (χ2v) is 6.15. The third-order valence-electron chi connectivity index (χ3n) is 3.91. The van der Waals surface area contributed by atoms with Gasteiger partial charge in [-0.05, 0) is 30.3 Å². The molecule has 0 saturated heterocycles. The monoisotopic (exact) mass is 373 g/mol. The molecule has 1 amide bonds. The number of amides is 1. The maximum Gasteiger partial charge on any atom is 0.250 e. The van der Waals surface area contributed by atoms with E-state index < -0.39 is 5.60 Å². The molecule has 3 aromatic rings. The van der Waals surface area contributed by atoms with E-state index in [1.807, 2.05) is 30.3 Å². The normalized spacial score (nSPS) is 16.5. The van der Waals surface area contributed by atoms with Gasteiger partial charge in [0.1, 0.15) is 6.61 Å². The van der Waals surface area contributed by atoms with Crippen LogP contribution in [0.4, 0.5) is 5.69 Å². The molecule has 0 fully saturated rings. The van der Waals surface area contributed by atoms with E-state index in [0.717, 1.165) is 21.2 Å². The molecule has 0 bridgehead atoms. The summed E-state index contributed by atoms with van der Waals surface area (Å²) in [7, 11) is 0. The molecule has 0 atom stereocenters. The van der Waals surface area contributed by atoms with Crippen molar-refractivity contribution in [2.45, 2.75) is 5.60 Å². The molecule has 0 radical (unpaired) electrons. The van der Waals surface area contributed by atoms with Gasteiger partial charge in [-0.1, -0.05) is 15.9 Å². The Morgan fingerprint density at radius 1 is 1.04 bits per heavy atom. The maximum atomic E-state index is 12.1. The molecule has 1 aliphatic rings. The van der Waals surface area contributed by atoms with Crippen molar-refractivity contribution in [1.29, 1.82) is 0 Å². The predicted octanol–water partition coefficient (Wildman–Crippen LogP) is 3.90. The lowest BCUT2D eigenvalue weighted by atomic mass is 9.82. The fourth-order valence-corrected chi connectivity index (χ4v) is 3.29. The molecule has 0 unspecified atom stereocenters. The number of fused-ring (bicyclic) bond motifs is 1. The van der Waals surface area contributed by atoms with Crippen LogP contribution in [0.5, 0.6) is 0 Å². The molecule has 23 heavy (non-hydrogen) atoms. The zero-order valence-corrected chi connectivity index (χ0v) is 13.5. The van der Waals surface area contributed by atoms with E-state index in [1.165, 1.54) is 0 Å².